The van der Waals surface area contributed by atoms with Gasteiger partial charge in [0.1, 0.15) is 5.82 Å². The highest BCUT2D eigenvalue weighted by Gasteiger charge is 2.42. The van der Waals surface area contributed by atoms with Gasteiger partial charge in [-0.1, -0.05) is 84.9 Å². The Morgan fingerprint density at radius 2 is 1.11 bits per heavy atom. The van der Waals surface area contributed by atoms with E-state index in [0.717, 1.165) is 55.5 Å². The molecule has 0 atom stereocenters. The minimum atomic E-state index is -0.505. The SMILES string of the molecule is CC1(C)c2c(ccc3c2c2ccccc2n3-c2ccc3c4ccccc4c4ccccc4c3c2)C(=O)n2c1nc1ccccc12. The second-order valence-electron chi connectivity index (χ2n) is 12.7. The number of carbonyl (C=O) groups excluding carboxylic acids is 1. The summed E-state index contributed by atoms with van der Waals surface area (Å²) in [4.78, 5) is 19.3. The summed E-state index contributed by atoms with van der Waals surface area (Å²) >= 11 is 0. The Labute approximate surface area is 258 Å². The average molecular weight is 578 g/mol. The Bertz CT molecular complexity index is 2720. The molecule has 0 radical (unpaired) electrons. The van der Waals surface area contributed by atoms with Gasteiger partial charge in [-0.2, -0.15) is 0 Å². The fourth-order valence-corrected chi connectivity index (χ4v) is 8.08. The van der Waals surface area contributed by atoms with Crippen molar-refractivity contribution in [2.75, 3.05) is 0 Å². The van der Waals surface area contributed by atoms with Crippen LogP contribution in [0.15, 0.2) is 127 Å². The van der Waals surface area contributed by atoms with Gasteiger partial charge in [0, 0.05) is 27.4 Å². The summed E-state index contributed by atoms with van der Waals surface area (Å²) < 4.78 is 4.19. The van der Waals surface area contributed by atoms with Crippen LogP contribution in [0.2, 0.25) is 0 Å². The third kappa shape index (κ3) is 3.06. The molecule has 3 heterocycles. The summed E-state index contributed by atoms with van der Waals surface area (Å²) in [6, 6.07) is 44.9. The maximum Gasteiger partial charge on any atom is 0.264 e. The van der Waals surface area contributed by atoms with Gasteiger partial charge in [0.2, 0.25) is 0 Å². The highest BCUT2D eigenvalue weighted by Crippen LogP contribution is 2.47. The van der Waals surface area contributed by atoms with E-state index < -0.39 is 5.41 Å². The van der Waals surface area contributed by atoms with Crippen molar-refractivity contribution >= 4 is 71.1 Å². The molecule has 0 amide bonds. The Balaban J connectivity index is 1.31. The number of hydrogen-bond acceptors (Lipinski definition) is 2. The monoisotopic (exact) mass is 577 g/mol. The highest BCUT2D eigenvalue weighted by atomic mass is 16.2. The standard InChI is InChI=1S/C41H27N3O/c1-41(2)38-31(39(45)44-35-18-10-8-16-33(35)42-40(41)44)21-22-36-37(38)30-15-7-9-17-34(30)43(36)24-19-20-29-27-13-4-3-11-25(27)26-12-5-6-14-28(26)32(29)23-24/h3-23H,1-2H3. The van der Waals surface area contributed by atoms with Gasteiger partial charge in [0.05, 0.1) is 22.1 Å². The number of benzene rings is 7. The molecule has 7 aromatic carbocycles. The number of rotatable bonds is 1. The van der Waals surface area contributed by atoms with Crippen LogP contribution in [-0.4, -0.2) is 20.0 Å². The first kappa shape index (κ1) is 24.7. The van der Waals surface area contributed by atoms with Crippen LogP contribution in [-0.2, 0) is 5.41 Å². The van der Waals surface area contributed by atoms with Gasteiger partial charge in [0.25, 0.3) is 5.91 Å². The Morgan fingerprint density at radius 1 is 0.533 bits per heavy atom. The Hall–Kier alpha value is -5.74. The predicted octanol–water partition coefficient (Wildman–Crippen LogP) is 9.92. The molecule has 1 aliphatic heterocycles. The van der Waals surface area contributed by atoms with Crippen molar-refractivity contribution in [3.63, 3.8) is 0 Å². The summed E-state index contributed by atoms with van der Waals surface area (Å²) in [5, 5.41) is 9.77. The molecule has 4 nitrogen and oxygen atoms in total. The molecule has 0 spiro atoms. The molecule has 0 saturated carbocycles. The van der Waals surface area contributed by atoms with E-state index in [2.05, 4.69) is 115 Å². The van der Waals surface area contributed by atoms with E-state index in [0.29, 0.717) is 0 Å². The largest absolute Gasteiger partial charge is 0.309 e. The lowest BCUT2D eigenvalue weighted by molar-refractivity contribution is 0.0948. The van der Waals surface area contributed by atoms with E-state index >= 15 is 0 Å². The molecule has 0 fully saturated rings. The van der Waals surface area contributed by atoms with Crippen molar-refractivity contribution in [2.45, 2.75) is 19.3 Å². The van der Waals surface area contributed by atoms with E-state index in [1.807, 2.05) is 34.9 Å². The molecule has 10 rings (SSSR count). The van der Waals surface area contributed by atoms with E-state index in [1.165, 1.54) is 32.3 Å². The molecule has 9 aromatic rings. The zero-order valence-electron chi connectivity index (χ0n) is 24.9. The molecule has 2 aromatic heterocycles. The summed E-state index contributed by atoms with van der Waals surface area (Å²) in [7, 11) is 0. The molecule has 0 bridgehead atoms. The predicted molar refractivity (Wildman–Crippen MR) is 185 cm³/mol. The van der Waals surface area contributed by atoms with Crippen LogP contribution < -0.4 is 0 Å². The number of imidazole rings is 1. The van der Waals surface area contributed by atoms with E-state index in [4.69, 9.17) is 4.98 Å². The molecule has 0 unspecified atom stereocenters. The number of aromatic nitrogens is 3. The van der Waals surface area contributed by atoms with Crippen LogP contribution in [0.1, 0.15) is 35.6 Å². The molecule has 0 N–H and O–H groups in total. The number of hydrogen-bond donors (Lipinski definition) is 0. The van der Waals surface area contributed by atoms with Crippen LogP contribution >= 0.6 is 0 Å². The second kappa shape index (κ2) is 8.46. The third-order valence-corrected chi connectivity index (χ3v) is 10.0. The molecule has 0 saturated heterocycles. The van der Waals surface area contributed by atoms with Gasteiger partial charge in [-0.25, -0.2) is 4.98 Å². The van der Waals surface area contributed by atoms with E-state index in [1.54, 1.807) is 0 Å². The van der Waals surface area contributed by atoms with Crippen molar-refractivity contribution in [1.29, 1.82) is 0 Å². The molecule has 45 heavy (non-hydrogen) atoms. The summed E-state index contributed by atoms with van der Waals surface area (Å²) in [6.45, 7) is 4.41. The fourth-order valence-electron chi connectivity index (χ4n) is 8.08. The van der Waals surface area contributed by atoms with E-state index in [9.17, 15) is 4.79 Å². The van der Waals surface area contributed by atoms with Gasteiger partial charge in [0.15, 0.2) is 0 Å². The zero-order valence-corrected chi connectivity index (χ0v) is 24.9. The van der Waals surface area contributed by atoms with Crippen LogP contribution in [0, 0.1) is 0 Å². The number of fused-ring (bicyclic) bond motifs is 14. The first-order chi connectivity index (χ1) is 22.0. The topological polar surface area (TPSA) is 39.8 Å². The molecule has 0 aliphatic carbocycles. The minimum Gasteiger partial charge on any atom is -0.309 e. The quantitative estimate of drug-likeness (QED) is 0.182. The third-order valence-electron chi connectivity index (χ3n) is 10.0. The molecular weight excluding hydrogens is 550 g/mol. The van der Waals surface area contributed by atoms with Crippen molar-refractivity contribution in [3.05, 3.63) is 144 Å². The van der Waals surface area contributed by atoms with Gasteiger partial charge in [-0.05, 0) is 94.2 Å². The summed E-state index contributed by atoms with van der Waals surface area (Å²) in [5.74, 6) is 0.769. The van der Waals surface area contributed by atoms with Crippen LogP contribution in [0.3, 0.4) is 0 Å². The maximum absolute atomic E-state index is 14.2. The van der Waals surface area contributed by atoms with E-state index in [-0.39, 0.29) is 5.91 Å². The molecule has 1 aliphatic rings. The second-order valence-corrected chi connectivity index (χ2v) is 12.7. The number of carbonyl (C=O) groups is 1. The number of para-hydroxylation sites is 3. The Morgan fingerprint density at radius 3 is 1.82 bits per heavy atom. The maximum atomic E-state index is 14.2. The summed E-state index contributed by atoms with van der Waals surface area (Å²) in [6.07, 6.45) is 0. The normalized spacial score (nSPS) is 14.2. The van der Waals surface area contributed by atoms with Crippen LogP contribution in [0.5, 0.6) is 0 Å². The fraction of sp³-hybridized carbons (Fsp3) is 0.0732. The van der Waals surface area contributed by atoms with Crippen molar-refractivity contribution in [1.82, 2.24) is 14.1 Å². The smallest absolute Gasteiger partial charge is 0.264 e. The van der Waals surface area contributed by atoms with Crippen LogP contribution in [0.4, 0.5) is 0 Å². The molecule has 4 heteroatoms. The van der Waals surface area contributed by atoms with Gasteiger partial charge < -0.3 is 4.57 Å². The highest BCUT2D eigenvalue weighted by molar-refractivity contribution is 6.26. The average Bonchev–Trinajstić information content (AvgIpc) is 3.64. The summed E-state index contributed by atoms with van der Waals surface area (Å²) in [5.41, 5.74) is 6.28. The minimum absolute atomic E-state index is 0.0178. The Kier molecular flexibility index (Phi) is 4.64. The van der Waals surface area contributed by atoms with Gasteiger partial charge in [-0.15, -0.1) is 0 Å². The first-order valence-electron chi connectivity index (χ1n) is 15.5. The lowest BCUT2D eigenvalue weighted by Crippen LogP contribution is -2.35. The van der Waals surface area contributed by atoms with Crippen LogP contribution in [0.25, 0.3) is 70.8 Å². The van der Waals surface area contributed by atoms with Gasteiger partial charge in [-0.3, -0.25) is 9.36 Å². The molecule has 212 valence electrons. The van der Waals surface area contributed by atoms with Crippen molar-refractivity contribution in [3.8, 4) is 5.69 Å². The van der Waals surface area contributed by atoms with Gasteiger partial charge >= 0.3 is 0 Å². The van der Waals surface area contributed by atoms with Crippen molar-refractivity contribution in [2.24, 2.45) is 0 Å². The first-order valence-corrected chi connectivity index (χ1v) is 15.5. The molecular formula is C41H27N3O. The lowest BCUT2D eigenvalue weighted by atomic mass is 9.76. The zero-order chi connectivity index (χ0) is 30.0. The van der Waals surface area contributed by atoms with Crippen molar-refractivity contribution < 1.29 is 4.79 Å². The number of nitrogens with zero attached hydrogens (tertiary/aromatic N) is 3. The lowest BCUT2D eigenvalue weighted by Gasteiger charge is -2.33.